The minimum atomic E-state index is 0. The topological polar surface area (TPSA) is 35.5 Å². The van der Waals surface area contributed by atoms with Crippen molar-refractivity contribution in [2.75, 3.05) is 31.1 Å². The van der Waals surface area contributed by atoms with Gasteiger partial charge in [0.1, 0.15) is 5.75 Å². The van der Waals surface area contributed by atoms with E-state index in [-0.39, 0.29) is 12.4 Å². The summed E-state index contributed by atoms with van der Waals surface area (Å²) in [5, 5.41) is 12.8. The van der Waals surface area contributed by atoms with Gasteiger partial charge in [-0.3, -0.25) is 0 Å². The fourth-order valence-corrected chi connectivity index (χ4v) is 1.85. The molecule has 15 heavy (non-hydrogen) atoms. The SMILES string of the molecule is Cc1cc(O)cc(N2CCNCC2)c1.Cl. The summed E-state index contributed by atoms with van der Waals surface area (Å²) in [7, 11) is 0. The predicted molar refractivity (Wildman–Crippen MR) is 65.2 cm³/mol. The zero-order valence-corrected chi connectivity index (χ0v) is 9.68. The molecule has 1 aromatic carbocycles. The Morgan fingerprint density at radius 1 is 1.20 bits per heavy atom. The highest BCUT2D eigenvalue weighted by atomic mass is 35.5. The number of aryl methyl sites for hydroxylation is 1. The summed E-state index contributed by atoms with van der Waals surface area (Å²) in [6, 6.07) is 5.73. The predicted octanol–water partition coefficient (Wildman–Crippen LogP) is 1.53. The fourth-order valence-electron chi connectivity index (χ4n) is 1.85. The Labute approximate surface area is 96.5 Å². The van der Waals surface area contributed by atoms with Crippen LogP contribution in [0, 0.1) is 6.92 Å². The van der Waals surface area contributed by atoms with Gasteiger partial charge in [0, 0.05) is 37.9 Å². The maximum absolute atomic E-state index is 9.48. The summed E-state index contributed by atoms with van der Waals surface area (Å²) in [6.07, 6.45) is 0. The lowest BCUT2D eigenvalue weighted by atomic mass is 10.2. The molecule has 1 fully saturated rings. The van der Waals surface area contributed by atoms with Gasteiger partial charge in [-0.2, -0.15) is 0 Å². The van der Waals surface area contributed by atoms with Gasteiger partial charge < -0.3 is 15.3 Å². The van der Waals surface area contributed by atoms with Gasteiger partial charge in [-0.15, -0.1) is 12.4 Å². The van der Waals surface area contributed by atoms with Gasteiger partial charge in [-0.1, -0.05) is 0 Å². The number of phenols is 1. The number of hydrogen-bond donors (Lipinski definition) is 2. The minimum absolute atomic E-state index is 0. The highest BCUT2D eigenvalue weighted by molar-refractivity contribution is 5.85. The van der Waals surface area contributed by atoms with Crippen LogP contribution in [0.25, 0.3) is 0 Å². The van der Waals surface area contributed by atoms with Crippen LogP contribution in [-0.2, 0) is 0 Å². The Morgan fingerprint density at radius 2 is 1.87 bits per heavy atom. The van der Waals surface area contributed by atoms with Crippen LogP contribution in [0.3, 0.4) is 0 Å². The second-order valence-electron chi connectivity index (χ2n) is 3.76. The maximum atomic E-state index is 9.48. The molecular weight excluding hydrogens is 212 g/mol. The quantitative estimate of drug-likeness (QED) is 0.766. The molecule has 3 nitrogen and oxygen atoms in total. The van der Waals surface area contributed by atoms with E-state index in [2.05, 4.69) is 16.3 Å². The molecule has 0 bridgehead atoms. The Balaban J connectivity index is 0.00000112. The molecule has 2 rings (SSSR count). The maximum Gasteiger partial charge on any atom is 0.117 e. The van der Waals surface area contributed by atoms with Gasteiger partial charge >= 0.3 is 0 Å². The van der Waals surface area contributed by atoms with Crippen LogP contribution in [0.1, 0.15) is 5.56 Å². The third kappa shape index (κ3) is 3.01. The number of piperazine rings is 1. The summed E-state index contributed by atoms with van der Waals surface area (Å²) in [6.45, 7) is 6.08. The summed E-state index contributed by atoms with van der Waals surface area (Å²) < 4.78 is 0. The zero-order valence-electron chi connectivity index (χ0n) is 8.86. The van der Waals surface area contributed by atoms with E-state index in [4.69, 9.17) is 0 Å². The fraction of sp³-hybridized carbons (Fsp3) is 0.455. The average Bonchev–Trinajstić information content (AvgIpc) is 2.18. The van der Waals surface area contributed by atoms with Crippen LogP contribution >= 0.6 is 12.4 Å². The Kier molecular flexibility index (Phi) is 4.24. The first-order valence-corrected chi connectivity index (χ1v) is 5.02. The Bertz CT molecular complexity index is 304. The standard InChI is InChI=1S/C11H16N2O.ClH/c1-9-6-10(8-11(14)7-9)13-4-2-12-3-5-13;/h6-8,12,14H,2-5H2,1H3;1H. The van der Waals surface area contributed by atoms with Crippen LogP contribution in [0.15, 0.2) is 18.2 Å². The number of hydrogen-bond acceptors (Lipinski definition) is 3. The molecule has 0 atom stereocenters. The summed E-state index contributed by atoms with van der Waals surface area (Å²) in [4.78, 5) is 2.29. The first-order chi connectivity index (χ1) is 6.75. The lowest BCUT2D eigenvalue weighted by Gasteiger charge is -2.29. The third-order valence-electron chi connectivity index (χ3n) is 2.53. The average molecular weight is 229 g/mol. The first-order valence-electron chi connectivity index (χ1n) is 5.02. The number of phenolic OH excluding ortho intramolecular Hbond substituents is 1. The van der Waals surface area contributed by atoms with E-state index < -0.39 is 0 Å². The summed E-state index contributed by atoms with van der Waals surface area (Å²) >= 11 is 0. The van der Waals surface area contributed by atoms with Gasteiger partial charge in [0.15, 0.2) is 0 Å². The normalized spacial score (nSPS) is 15.9. The van der Waals surface area contributed by atoms with E-state index in [1.54, 1.807) is 6.07 Å². The molecule has 1 aliphatic rings. The lowest BCUT2D eigenvalue weighted by molar-refractivity contribution is 0.474. The number of rotatable bonds is 1. The Morgan fingerprint density at radius 3 is 2.47 bits per heavy atom. The number of nitrogens with zero attached hydrogens (tertiary/aromatic N) is 1. The third-order valence-corrected chi connectivity index (χ3v) is 2.53. The number of nitrogens with one attached hydrogen (secondary N) is 1. The van der Waals surface area contributed by atoms with Gasteiger partial charge in [0.05, 0.1) is 0 Å². The zero-order chi connectivity index (χ0) is 9.97. The number of anilines is 1. The van der Waals surface area contributed by atoms with E-state index >= 15 is 0 Å². The van der Waals surface area contributed by atoms with Gasteiger partial charge in [0.25, 0.3) is 0 Å². The second-order valence-corrected chi connectivity index (χ2v) is 3.76. The summed E-state index contributed by atoms with van der Waals surface area (Å²) in [5.74, 6) is 0.360. The van der Waals surface area contributed by atoms with Crippen molar-refractivity contribution in [3.63, 3.8) is 0 Å². The van der Waals surface area contributed by atoms with Crippen molar-refractivity contribution < 1.29 is 5.11 Å². The molecule has 0 amide bonds. The van der Waals surface area contributed by atoms with Crippen LogP contribution in [0.5, 0.6) is 5.75 Å². The minimum Gasteiger partial charge on any atom is -0.508 e. The van der Waals surface area contributed by atoms with Crippen molar-refractivity contribution in [3.05, 3.63) is 23.8 Å². The van der Waals surface area contributed by atoms with Crippen LogP contribution in [-0.4, -0.2) is 31.3 Å². The van der Waals surface area contributed by atoms with Crippen molar-refractivity contribution in [1.29, 1.82) is 0 Å². The molecule has 1 aliphatic heterocycles. The molecule has 4 heteroatoms. The van der Waals surface area contributed by atoms with Crippen molar-refractivity contribution in [1.82, 2.24) is 5.32 Å². The molecule has 84 valence electrons. The van der Waals surface area contributed by atoms with Crippen molar-refractivity contribution in [2.24, 2.45) is 0 Å². The number of aromatic hydroxyl groups is 1. The Hall–Kier alpha value is -0.930. The largest absolute Gasteiger partial charge is 0.508 e. The van der Waals surface area contributed by atoms with Crippen molar-refractivity contribution >= 4 is 18.1 Å². The molecule has 0 spiro atoms. The van der Waals surface area contributed by atoms with E-state index in [0.29, 0.717) is 5.75 Å². The van der Waals surface area contributed by atoms with Crippen LogP contribution < -0.4 is 10.2 Å². The molecule has 0 unspecified atom stereocenters. The second kappa shape index (κ2) is 5.24. The van der Waals surface area contributed by atoms with Gasteiger partial charge in [-0.25, -0.2) is 0 Å². The van der Waals surface area contributed by atoms with Crippen molar-refractivity contribution in [2.45, 2.75) is 6.92 Å². The molecule has 0 aromatic heterocycles. The van der Waals surface area contributed by atoms with E-state index in [0.717, 1.165) is 37.4 Å². The lowest BCUT2D eigenvalue weighted by Crippen LogP contribution is -2.43. The molecule has 1 aromatic rings. The number of benzene rings is 1. The highest BCUT2D eigenvalue weighted by Gasteiger charge is 2.10. The van der Waals surface area contributed by atoms with E-state index in [9.17, 15) is 5.11 Å². The van der Waals surface area contributed by atoms with Crippen molar-refractivity contribution in [3.8, 4) is 5.75 Å². The van der Waals surface area contributed by atoms with Crippen LogP contribution in [0.4, 0.5) is 5.69 Å². The van der Waals surface area contributed by atoms with Crippen LogP contribution in [0.2, 0.25) is 0 Å². The summed E-state index contributed by atoms with van der Waals surface area (Å²) in [5.41, 5.74) is 2.24. The molecule has 0 aliphatic carbocycles. The van der Waals surface area contributed by atoms with Gasteiger partial charge in [-0.05, 0) is 24.6 Å². The molecule has 2 N–H and O–H groups in total. The van der Waals surface area contributed by atoms with E-state index in [1.165, 1.54) is 0 Å². The molecule has 0 saturated carbocycles. The first kappa shape index (κ1) is 12.1. The monoisotopic (exact) mass is 228 g/mol. The van der Waals surface area contributed by atoms with Gasteiger partial charge in [0.2, 0.25) is 0 Å². The molecule has 1 saturated heterocycles. The smallest absolute Gasteiger partial charge is 0.117 e. The highest BCUT2D eigenvalue weighted by Crippen LogP contribution is 2.22. The molecular formula is C11H17ClN2O. The van der Waals surface area contributed by atoms with E-state index in [1.807, 2.05) is 13.0 Å². The molecule has 1 heterocycles. The number of halogens is 1. The molecule has 0 radical (unpaired) electrons.